The molecule has 2 aromatic carbocycles. The van der Waals surface area contributed by atoms with Crippen LogP contribution in [0.1, 0.15) is 45.3 Å². The highest BCUT2D eigenvalue weighted by Crippen LogP contribution is 2.38. The lowest BCUT2D eigenvalue weighted by atomic mass is 9.90. The summed E-state index contributed by atoms with van der Waals surface area (Å²) in [6.45, 7) is 2.12. The zero-order valence-corrected chi connectivity index (χ0v) is 19.1. The standard InChI is InChI=1S/C24H23N3O5S/c1-13-6-8-16(18(10-13)30-2)25-23(29)15-4-3-5-20-21(15)26-24(33-20)27-22(28)14-7-9-17-19(11-14)32-12-31-17/h6-11,15H,3-5,12H2,1-2H3,(H,25,29)(H,26,27,28). The molecule has 1 aromatic heterocycles. The van der Waals surface area contributed by atoms with Crippen LogP contribution in [0.2, 0.25) is 0 Å². The second-order valence-electron chi connectivity index (χ2n) is 7.99. The molecule has 3 aromatic rings. The highest BCUT2D eigenvalue weighted by Gasteiger charge is 2.31. The average Bonchev–Trinajstić information content (AvgIpc) is 3.45. The molecule has 0 saturated carbocycles. The number of hydrogen-bond donors (Lipinski definition) is 2. The summed E-state index contributed by atoms with van der Waals surface area (Å²) >= 11 is 1.42. The minimum absolute atomic E-state index is 0.128. The van der Waals surface area contributed by atoms with Gasteiger partial charge in [-0.3, -0.25) is 14.9 Å². The lowest BCUT2D eigenvalue weighted by molar-refractivity contribution is -0.118. The first-order chi connectivity index (χ1) is 16.0. The molecule has 0 bridgehead atoms. The molecule has 1 aliphatic carbocycles. The van der Waals surface area contributed by atoms with Crippen LogP contribution in [0, 0.1) is 6.92 Å². The van der Waals surface area contributed by atoms with Crippen molar-refractivity contribution in [2.24, 2.45) is 0 Å². The Balaban J connectivity index is 1.33. The molecule has 2 amide bonds. The quantitative estimate of drug-likeness (QED) is 0.576. The summed E-state index contributed by atoms with van der Waals surface area (Å²) in [6, 6.07) is 10.7. The summed E-state index contributed by atoms with van der Waals surface area (Å²) in [7, 11) is 1.58. The number of aromatic nitrogens is 1. The predicted octanol–water partition coefficient (Wildman–Crippen LogP) is 4.50. The molecule has 0 radical (unpaired) electrons. The van der Waals surface area contributed by atoms with Crippen molar-refractivity contribution in [3.8, 4) is 17.2 Å². The van der Waals surface area contributed by atoms with Gasteiger partial charge in [0.2, 0.25) is 12.7 Å². The maximum absolute atomic E-state index is 13.1. The molecule has 2 heterocycles. The molecule has 8 nitrogen and oxygen atoms in total. The molecule has 2 aliphatic rings. The fraction of sp³-hybridized carbons (Fsp3) is 0.292. The minimum atomic E-state index is -0.382. The second kappa shape index (κ2) is 8.74. The summed E-state index contributed by atoms with van der Waals surface area (Å²) in [5, 5.41) is 6.33. The molecule has 33 heavy (non-hydrogen) atoms. The maximum atomic E-state index is 13.1. The third-order valence-electron chi connectivity index (χ3n) is 5.74. The molecule has 2 N–H and O–H groups in total. The highest BCUT2D eigenvalue weighted by atomic mass is 32.1. The first kappa shape index (κ1) is 21.3. The van der Waals surface area contributed by atoms with E-state index < -0.39 is 0 Å². The maximum Gasteiger partial charge on any atom is 0.257 e. The number of methoxy groups -OCH3 is 1. The van der Waals surface area contributed by atoms with Crippen molar-refractivity contribution >= 4 is 34.0 Å². The lowest BCUT2D eigenvalue weighted by Gasteiger charge is -2.21. The molecule has 0 saturated heterocycles. The molecular weight excluding hydrogens is 442 g/mol. The topological polar surface area (TPSA) is 98.8 Å². The van der Waals surface area contributed by atoms with Crippen molar-refractivity contribution in [1.29, 1.82) is 0 Å². The first-order valence-electron chi connectivity index (χ1n) is 10.7. The van der Waals surface area contributed by atoms with E-state index in [9.17, 15) is 9.59 Å². The van der Waals surface area contributed by atoms with Crippen LogP contribution in [0.3, 0.4) is 0 Å². The van der Waals surface area contributed by atoms with E-state index in [1.807, 2.05) is 25.1 Å². The molecule has 0 fully saturated rings. The van der Waals surface area contributed by atoms with Crippen molar-refractivity contribution in [2.75, 3.05) is 24.5 Å². The van der Waals surface area contributed by atoms with E-state index in [-0.39, 0.29) is 24.5 Å². The van der Waals surface area contributed by atoms with Gasteiger partial charge in [0.15, 0.2) is 16.6 Å². The Labute approximate surface area is 194 Å². The number of anilines is 2. The Kier molecular flexibility index (Phi) is 5.63. The van der Waals surface area contributed by atoms with Crippen LogP contribution in [0.15, 0.2) is 36.4 Å². The van der Waals surface area contributed by atoms with Crippen LogP contribution in [-0.2, 0) is 11.2 Å². The van der Waals surface area contributed by atoms with E-state index in [1.54, 1.807) is 25.3 Å². The summed E-state index contributed by atoms with van der Waals surface area (Å²) in [4.78, 5) is 31.5. The van der Waals surface area contributed by atoms with Gasteiger partial charge < -0.3 is 19.5 Å². The SMILES string of the molecule is COc1cc(C)ccc1NC(=O)C1CCCc2sc(NC(=O)c3ccc4c(c3)OCO4)nc21. The van der Waals surface area contributed by atoms with Crippen LogP contribution in [0.25, 0.3) is 0 Å². The number of aryl methyl sites for hydroxylation is 2. The smallest absolute Gasteiger partial charge is 0.257 e. The van der Waals surface area contributed by atoms with Gasteiger partial charge in [0.05, 0.1) is 24.4 Å². The summed E-state index contributed by atoms with van der Waals surface area (Å²) in [5.41, 5.74) is 2.86. The number of carbonyl (C=O) groups excluding carboxylic acids is 2. The fourth-order valence-electron chi connectivity index (χ4n) is 4.06. The van der Waals surface area contributed by atoms with Gasteiger partial charge in [-0.2, -0.15) is 0 Å². The van der Waals surface area contributed by atoms with E-state index in [1.165, 1.54) is 11.3 Å². The molecule has 9 heteroatoms. The van der Waals surface area contributed by atoms with Crippen molar-refractivity contribution in [3.05, 3.63) is 58.1 Å². The van der Waals surface area contributed by atoms with Crippen molar-refractivity contribution in [3.63, 3.8) is 0 Å². The van der Waals surface area contributed by atoms with Gasteiger partial charge in [-0.05, 0) is 62.1 Å². The largest absolute Gasteiger partial charge is 0.495 e. The number of fused-ring (bicyclic) bond motifs is 2. The van der Waals surface area contributed by atoms with Crippen LogP contribution >= 0.6 is 11.3 Å². The van der Waals surface area contributed by atoms with Gasteiger partial charge in [0.1, 0.15) is 5.75 Å². The Morgan fingerprint density at radius 3 is 2.82 bits per heavy atom. The van der Waals surface area contributed by atoms with Gasteiger partial charge in [0.25, 0.3) is 5.91 Å². The van der Waals surface area contributed by atoms with Crippen LogP contribution in [-0.4, -0.2) is 30.7 Å². The van der Waals surface area contributed by atoms with Crippen LogP contribution < -0.4 is 24.8 Å². The fourth-order valence-corrected chi connectivity index (χ4v) is 5.12. The van der Waals surface area contributed by atoms with Gasteiger partial charge in [-0.15, -0.1) is 11.3 Å². The number of carbonyl (C=O) groups is 2. The molecule has 170 valence electrons. The number of amides is 2. The number of ether oxygens (including phenoxy) is 3. The van der Waals surface area contributed by atoms with Gasteiger partial charge in [-0.1, -0.05) is 6.07 Å². The zero-order valence-electron chi connectivity index (χ0n) is 18.3. The number of hydrogen-bond acceptors (Lipinski definition) is 7. The normalized spacial score (nSPS) is 16.1. The number of nitrogens with one attached hydrogen (secondary N) is 2. The van der Waals surface area contributed by atoms with E-state index in [0.717, 1.165) is 29.0 Å². The Bertz CT molecular complexity index is 1240. The second-order valence-corrected chi connectivity index (χ2v) is 9.07. The number of nitrogens with zero attached hydrogens (tertiary/aromatic N) is 1. The first-order valence-corrected chi connectivity index (χ1v) is 11.5. The third-order valence-corrected chi connectivity index (χ3v) is 6.79. The van der Waals surface area contributed by atoms with Crippen molar-refractivity contribution < 1.29 is 23.8 Å². The van der Waals surface area contributed by atoms with Gasteiger partial charge >= 0.3 is 0 Å². The monoisotopic (exact) mass is 465 g/mol. The van der Waals surface area contributed by atoms with E-state index >= 15 is 0 Å². The summed E-state index contributed by atoms with van der Waals surface area (Å²) in [6.07, 6.45) is 2.42. The minimum Gasteiger partial charge on any atom is -0.495 e. The predicted molar refractivity (Wildman–Crippen MR) is 125 cm³/mol. The summed E-state index contributed by atoms with van der Waals surface area (Å²) in [5.74, 6) is 0.989. The molecule has 5 rings (SSSR count). The molecule has 1 unspecified atom stereocenters. The number of thiazole rings is 1. The van der Waals surface area contributed by atoms with E-state index in [4.69, 9.17) is 14.2 Å². The molecule has 1 atom stereocenters. The number of rotatable bonds is 5. The Hall–Kier alpha value is -3.59. The number of benzene rings is 2. The van der Waals surface area contributed by atoms with E-state index in [0.29, 0.717) is 40.1 Å². The highest BCUT2D eigenvalue weighted by molar-refractivity contribution is 7.16. The average molecular weight is 466 g/mol. The zero-order chi connectivity index (χ0) is 22.9. The Morgan fingerprint density at radius 2 is 1.97 bits per heavy atom. The molecule has 0 spiro atoms. The van der Waals surface area contributed by atoms with Crippen LogP contribution in [0.4, 0.5) is 10.8 Å². The van der Waals surface area contributed by atoms with Crippen molar-refractivity contribution in [2.45, 2.75) is 32.1 Å². The molecule has 1 aliphatic heterocycles. The van der Waals surface area contributed by atoms with Gasteiger partial charge in [-0.25, -0.2) is 4.98 Å². The van der Waals surface area contributed by atoms with Gasteiger partial charge in [0, 0.05) is 10.4 Å². The third kappa shape index (κ3) is 4.23. The van der Waals surface area contributed by atoms with E-state index in [2.05, 4.69) is 15.6 Å². The van der Waals surface area contributed by atoms with Crippen LogP contribution in [0.5, 0.6) is 17.2 Å². The Morgan fingerprint density at radius 1 is 1.12 bits per heavy atom. The molecular formula is C24H23N3O5S. The lowest BCUT2D eigenvalue weighted by Crippen LogP contribution is -2.25. The summed E-state index contributed by atoms with van der Waals surface area (Å²) < 4.78 is 16.1. The van der Waals surface area contributed by atoms with Crippen molar-refractivity contribution in [1.82, 2.24) is 4.98 Å².